The van der Waals surface area contributed by atoms with E-state index in [1.54, 1.807) is 0 Å². The van der Waals surface area contributed by atoms with Gasteiger partial charge in [-0.3, -0.25) is 4.98 Å². The number of nitrogens with zero attached hydrogens (tertiary/aromatic N) is 1. The summed E-state index contributed by atoms with van der Waals surface area (Å²) < 4.78 is 0. The Morgan fingerprint density at radius 1 is 1.11 bits per heavy atom. The summed E-state index contributed by atoms with van der Waals surface area (Å²) in [5.41, 5.74) is 7.61. The third-order valence-electron chi connectivity index (χ3n) is 3.57. The van der Waals surface area contributed by atoms with E-state index >= 15 is 0 Å². The Morgan fingerprint density at radius 2 is 1.94 bits per heavy atom. The molecule has 1 fully saturated rings. The molecule has 0 saturated heterocycles. The quantitative estimate of drug-likeness (QED) is 0.819. The number of thioether (sulfide) groups is 1. The van der Waals surface area contributed by atoms with Crippen LogP contribution in [0.2, 0.25) is 0 Å². The molecule has 1 aromatic carbocycles. The van der Waals surface area contributed by atoms with Gasteiger partial charge in [0.1, 0.15) is 0 Å². The zero-order chi connectivity index (χ0) is 12.4. The third-order valence-corrected chi connectivity index (χ3v) is 4.99. The molecule has 1 aliphatic carbocycles. The molecule has 94 valence electrons. The number of anilines is 1. The van der Waals surface area contributed by atoms with Crippen molar-refractivity contribution in [2.45, 2.75) is 42.2 Å². The molecule has 0 spiro atoms. The number of rotatable bonds is 2. The Balaban J connectivity index is 1.91. The fourth-order valence-electron chi connectivity index (χ4n) is 2.60. The first-order chi connectivity index (χ1) is 8.83. The van der Waals surface area contributed by atoms with Crippen molar-refractivity contribution in [3.8, 4) is 0 Å². The van der Waals surface area contributed by atoms with Gasteiger partial charge in [0.05, 0.1) is 5.52 Å². The largest absolute Gasteiger partial charge is 0.399 e. The van der Waals surface area contributed by atoms with E-state index in [9.17, 15) is 0 Å². The van der Waals surface area contributed by atoms with E-state index in [2.05, 4.69) is 17.1 Å². The van der Waals surface area contributed by atoms with Crippen molar-refractivity contribution >= 4 is 28.4 Å². The molecule has 0 atom stereocenters. The van der Waals surface area contributed by atoms with Crippen molar-refractivity contribution in [1.82, 2.24) is 4.98 Å². The third kappa shape index (κ3) is 2.46. The molecule has 3 heteroatoms. The SMILES string of the molecule is Nc1ccc2c(SC3CCCCC3)ccnc2c1. The van der Waals surface area contributed by atoms with Gasteiger partial charge >= 0.3 is 0 Å². The number of nitrogens with two attached hydrogens (primary N) is 1. The van der Waals surface area contributed by atoms with Crippen LogP contribution < -0.4 is 5.73 Å². The van der Waals surface area contributed by atoms with Gasteiger partial charge in [0.15, 0.2) is 0 Å². The Morgan fingerprint density at radius 3 is 2.78 bits per heavy atom. The smallest absolute Gasteiger partial charge is 0.0733 e. The zero-order valence-corrected chi connectivity index (χ0v) is 11.2. The molecule has 2 aromatic rings. The second kappa shape index (κ2) is 5.19. The molecule has 18 heavy (non-hydrogen) atoms. The minimum absolute atomic E-state index is 0.780. The second-order valence-corrected chi connectivity index (χ2v) is 6.31. The summed E-state index contributed by atoms with van der Waals surface area (Å²) in [6.07, 6.45) is 8.77. The van der Waals surface area contributed by atoms with Gasteiger partial charge in [-0.25, -0.2) is 0 Å². The predicted molar refractivity (Wildman–Crippen MR) is 78.9 cm³/mol. The van der Waals surface area contributed by atoms with Crippen molar-refractivity contribution in [3.05, 3.63) is 30.5 Å². The first-order valence-electron chi connectivity index (χ1n) is 6.64. The van der Waals surface area contributed by atoms with Crippen molar-refractivity contribution in [2.75, 3.05) is 5.73 Å². The number of hydrogen-bond acceptors (Lipinski definition) is 3. The number of pyridine rings is 1. The van der Waals surface area contributed by atoms with E-state index < -0.39 is 0 Å². The highest BCUT2D eigenvalue weighted by atomic mass is 32.2. The first-order valence-corrected chi connectivity index (χ1v) is 7.52. The minimum atomic E-state index is 0.780. The van der Waals surface area contributed by atoms with Crippen molar-refractivity contribution in [1.29, 1.82) is 0 Å². The van der Waals surface area contributed by atoms with Crippen LogP contribution in [0.4, 0.5) is 5.69 Å². The van der Waals surface area contributed by atoms with Crippen molar-refractivity contribution in [3.63, 3.8) is 0 Å². The lowest BCUT2D eigenvalue weighted by Crippen LogP contribution is -2.07. The molecule has 2 N–H and O–H groups in total. The molecule has 1 heterocycles. The van der Waals surface area contributed by atoms with Crippen LogP contribution in [0.25, 0.3) is 10.9 Å². The minimum Gasteiger partial charge on any atom is -0.399 e. The number of aromatic nitrogens is 1. The van der Waals surface area contributed by atoms with Gasteiger partial charge in [-0.2, -0.15) is 0 Å². The van der Waals surface area contributed by atoms with Crippen LogP contribution in [0.1, 0.15) is 32.1 Å². The summed E-state index contributed by atoms with van der Waals surface area (Å²) in [7, 11) is 0. The molecule has 0 aliphatic heterocycles. The van der Waals surface area contributed by atoms with Crippen LogP contribution in [0.15, 0.2) is 35.4 Å². The highest BCUT2D eigenvalue weighted by molar-refractivity contribution is 8.00. The fraction of sp³-hybridized carbons (Fsp3) is 0.400. The number of fused-ring (bicyclic) bond motifs is 1. The van der Waals surface area contributed by atoms with Crippen LogP contribution in [0.3, 0.4) is 0 Å². The van der Waals surface area contributed by atoms with E-state index in [1.807, 2.05) is 30.1 Å². The van der Waals surface area contributed by atoms with E-state index in [0.717, 1.165) is 16.5 Å². The monoisotopic (exact) mass is 258 g/mol. The van der Waals surface area contributed by atoms with Gasteiger partial charge in [0.25, 0.3) is 0 Å². The van der Waals surface area contributed by atoms with Crippen LogP contribution in [0, 0.1) is 0 Å². The molecule has 0 bridgehead atoms. The average molecular weight is 258 g/mol. The highest BCUT2D eigenvalue weighted by Crippen LogP contribution is 2.36. The molecule has 1 aliphatic rings. The topological polar surface area (TPSA) is 38.9 Å². The van der Waals surface area contributed by atoms with E-state index in [-0.39, 0.29) is 0 Å². The Kier molecular flexibility index (Phi) is 3.41. The summed E-state index contributed by atoms with van der Waals surface area (Å²) in [6.45, 7) is 0. The van der Waals surface area contributed by atoms with E-state index in [1.165, 1.54) is 42.4 Å². The summed E-state index contributed by atoms with van der Waals surface area (Å²) in [4.78, 5) is 5.76. The Bertz CT molecular complexity index is 547. The van der Waals surface area contributed by atoms with E-state index in [0.29, 0.717) is 0 Å². The first kappa shape index (κ1) is 11.8. The number of nitrogen functional groups attached to an aromatic ring is 1. The lowest BCUT2D eigenvalue weighted by molar-refractivity contribution is 0.516. The lowest BCUT2D eigenvalue weighted by Gasteiger charge is -2.21. The van der Waals surface area contributed by atoms with Gasteiger partial charge in [0.2, 0.25) is 0 Å². The van der Waals surface area contributed by atoms with Crippen LogP contribution in [-0.4, -0.2) is 10.2 Å². The summed E-state index contributed by atoms with van der Waals surface area (Å²) in [5, 5.41) is 2.02. The normalized spacial score (nSPS) is 17.1. The molecule has 0 unspecified atom stereocenters. The maximum atomic E-state index is 5.81. The van der Waals surface area contributed by atoms with Crippen LogP contribution in [-0.2, 0) is 0 Å². The maximum Gasteiger partial charge on any atom is 0.0733 e. The van der Waals surface area contributed by atoms with Gasteiger partial charge in [-0.15, -0.1) is 11.8 Å². The Hall–Kier alpha value is -1.22. The van der Waals surface area contributed by atoms with Gasteiger partial charge in [0, 0.05) is 27.4 Å². The number of benzene rings is 1. The molecule has 1 aromatic heterocycles. The molecular formula is C15H18N2S. The Labute approximate surface area is 112 Å². The molecule has 3 rings (SSSR count). The molecule has 1 saturated carbocycles. The summed E-state index contributed by atoms with van der Waals surface area (Å²) in [6, 6.07) is 8.16. The summed E-state index contributed by atoms with van der Waals surface area (Å²) in [5.74, 6) is 0. The predicted octanol–water partition coefficient (Wildman–Crippen LogP) is 4.24. The fourth-order valence-corrected chi connectivity index (χ4v) is 3.97. The lowest BCUT2D eigenvalue weighted by atomic mass is 10.0. The maximum absolute atomic E-state index is 5.81. The van der Waals surface area contributed by atoms with Gasteiger partial charge in [-0.05, 0) is 37.1 Å². The van der Waals surface area contributed by atoms with E-state index in [4.69, 9.17) is 5.73 Å². The second-order valence-electron chi connectivity index (χ2n) is 4.96. The molecule has 0 radical (unpaired) electrons. The van der Waals surface area contributed by atoms with Crippen molar-refractivity contribution in [2.24, 2.45) is 0 Å². The molecule has 0 amide bonds. The standard InChI is InChI=1S/C15H18N2S/c16-11-6-7-13-14(10-11)17-9-8-15(13)18-12-4-2-1-3-5-12/h6-10,12H,1-5,16H2. The van der Waals surface area contributed by atoms with Gasteiger partial charge in [-0.1, -0.05) is 19.3 Å². The van der Waals surface area contributed by atoms with Crippen molar-refractivity contribution < 1.29 is 0 Å². The summed E-state index contributed by atoms with van der Waals surface area (Å²) >= 11 is 2.02. The van der Waals surface area contributed by atoms with Crippen LogP contribution in [0.5, 0.6) is 0 Å². The average Bonchev–Trinajstić information content (AvgIpc) is 2.40. The molecule has 2 nitrogen and oxygen atoms in total. The van der Waals surface area contributed by atoms with Gasteiger partial charge < -0.3 is 5.73 Å². The highest BCUT2D eigenvalue weighted by Gasteiger charge is 2.15. The molecular weight excluding hydrogens is 240 g/mol. The zero-order valence-electron chi connectivity index (χ0n) is 10.4. The van der Waals surface area contributed by atoms with Crippen LogP contribution >= 0.6 is 11.8 Å². The number of hydrogen-bond donors (Lipinski definition) is 1.